The number of rotatable bonds is 3. The summed E-state index contributed by atoms with van der Waals surface area (Å²) in [5.41, 5.74) is 2.18. The Labute approximate surface area is 162 Å². The van der Waals surface area contributed by atoms with Crippen molar-refractivity contribution in [1.82, 2.24) is 4.98 Å². The highest BCUT2D eigenvalue weighted by Crippen LogP contribution is 2.45. The predicted octanol–water partition coefficient (Wildman–Crippen LogP) is 4.21. The topological polar surface area (TPSA) is 71.4 Å². The van der Waals surface area contributed by atoms with Crippen LogP contribution in [-0.4, -0.2) is 22.4 Å². The second kappa shape index (κ2) is 7.19. The lowest BCUT2D eigenvalue weighted by Crippen LogP contribution is -2.41. The Balaban J connectivity index is 1.78. The van der Waals surface area contributed by atoms with Crippen molar-refractivity contribution in [2.75, 3.05) is 5.32 Å². The molecule has 6 heteroatoms. The van der Waals surface area contributed by atoms with Crippen molar-refractivity contribution in [3.05, 3.63) is 58.1 Å². The Morgan fingerprint density at radius 1 is 1.19 bits per heavy atom. The van der Waals surface area contributed by atoms with E-state index in [1.165, 1.54) is 0 Å². The average molecular weight is 379 g/mol. The van der Waals surface area contributed by atoms with E-state index in [2.05, 4.69) is 17.2 Å². The molecule has 1 fully saturated rings. The summed E-state index contributed by atoms with van der Waals surface area (Å²) in [7, 11) is 0. The number of carbonyl (C=O) groups excluding carboxylic acids is 2. The number of carbonyl (C=O) groups is 2. The third kappa shape index (κ3) is 3.37. The number of allylic oxidation sites excluding steroid dienone is 1. The Morgan fingerprint density at radius 2 is 2.04 bits per heavy atom. The van der Waals surface area contributed by atoms with Crippen molar-refractivity contribution in [2.45, 2.75) is 32.6 Å². The molecule has 0 aromatic carbocycles. The summed E-state index contributed by atoms with van der Waals surface area (Å²) in [6, 6.07) is 9.34. The zero-order chi connectivity index (χ0) is 19.0. The lowest BCUT2D eigenvalue weighted by atomic mass is 9.69. The van der Waals surface area contributed by atoms with Gasteiger partial charge in [-0.25, -0.2) is 4.98 Å². The molecule has 1 saturated carbocycles. The minimum Gasteiger partial charge on any atom is -0.307 e. The molecule has 1 unspecified atom stereocenters. The Bertz CT molecular complexity index is 932. The molecule has 0 spiro atoms. The van der Waals surface area contributed by atoms with E-state index in [-0.39, 0.29) is 23.5 Å². The molecular formula is C21H21N3O2S. The summed E-state index contributed by atoms with van der Waals surface area (Å²) < 4.78 is 0. The fourth-order valence-electron chi connectivity index (χ4n) is 4.07. The molecule has 0 bridgehead atoms. The van der Waals surface area contributed by atoms with Crippen LogP contribution in [0.4, 0.5) is 5.82 Å². The van der Waals surface area contributed by atoms with Gasteiger partial charge in [-0.15, -0.1) is 11.3 Å². The molecule has 1 amide bonds. The first kappa shape index (κ1) is 17.8. The molecule has 1 aliphatic heterocycles. The number of thiophene rings is 1. The molecule has 27 heavy (non-hydrogen) atoms. The Kier molecular flexibility index (Phi) is 4.74. The third-order valence-electron chi connectivity index (χ3n) is 5.16. The van der Waals surface area contributed by atoms with Crippen LogP contribution in [0, 0.1) is 11.8 Å². The SMILES string of the molecule is CC1=C(C(=O)Nc2ccccn2)[C@H](c2cccs2)C2C(=O)C[C@H](C)CC2=N1. The highest BCUT2D eigenvalue weighted by Gasteiger charge is 2.45. The standard InChI is InChI=1S/C21H21N3O2S/c1-12-10-14-19(15(25)11-12)20(16-6-5-9-27-16)18(13(2)23-14)21(26)24-17-7-3-4-8-22-17/h3-9,12,19-20H,10-11H2,1-2H3,(H,22,24,26)/t12-,19?,20+/m1/s1. The van der Waals surface area contributed by atoms with Gasteiger partial charge in [-0.2, -0.15) is 0 Å². The van der Waals surface area contributed by atoms with Crippen LogP contribution in [0.3, 0.4) is 0 Å². The van der Waals surface area contributed by atoms with Crippen LogP contribution in [0.1, 0.15) is 37.5 Å². The highest BCUT2D eigenvalue weighted by atomic mass is 32.1. The normalized spacial score (nSPS) is 25.0. The molecule has 138 valence electrons. The van der Waals surface area contributed by atoms with Gasteiger partial charge in [-0.05, 0) is 42.8 Å². The number of nitrogens with zero attached hydrogens (tertiary/aromatic N) is 2. The highest BCUT2D eigenvalue weighted by molar-refractivity contribution is 7.10. The van der Waals surface area contributed by atoms with Crippen LogP contribution in [0.2, 0.25) is 0 Å². The van der Waals surface area contributed by atoms with E-state index in [0.717, 1.165) is 17.0 Å². The first-order valence-electron chi connectivity index (χ1n) is 9.11. The van der Waals surface area contributed by atoms with Crippen molar-refractivity contribution in [3.8, 4) is 0 Å². The number of hydrogen-bond donors (Lipinski definition) is 1. The Morgan fingerprint density at radius 3 is 2.74 bits per heavy atom. The molecule has 2 aromatic rings. The van der Waals surface area contributed by atoms with Crippen molar-refractivity contribution in [2.24, 2.45) is 16.8 Å². The average Bonchev–Trinajstić information content (AvgIpc) is 3.15. The number of Topliss-reactive ketones (excluding diaryl/α,β-unsaturated/α-hetero) is 1. The number of nitrogens with one attached hydrogen (secondary N) is 1. The molecule has 1 N–H and O–H groups in total. The number of fused-ring (bicyclic) bond motifs is 1. The first-order chi connectivity index (χ1) is 13.0. The fraction of sp³-hybridized carbons (Fsp3) is 0.333. The Hall–Kier alpha value is -2.60. The minimum absolute atomic E-state index is 0.182. The summed E-state index contributed by atoms with van der Waals surface area (Å²) in [4.78, 5) is 36.0. The molecule has 5 nitrogen and oxygen atoms in total. The third-order valence-corrected chi connectivity index (χ3v) is 6.11. The van der Waals surface area contributed by atoms with Gasteiger partial charge in [0.1, 0.15) is 11.6 Å². The summed E-state index contributed by atoms with van der Waals surface area (Å²) in [5, 5.41) is 4.86. The van der Waals surface area contributed by atoms with Gasteiger partial charge in [-0.3, -0.25) is 14.6 Å². The van der Waals surface area contributed by atoms with Gasteiger partial charge in [0, 0.05) is 40.4 Å². The molecular weight excluding hydrogens is 358 g/mol. The summed E-state index contributed by atoms with van der Waals surface area (Å²) >= 11 is 1.58. The largest absolute Gasteiger partial charge is 0.307 e. The van der Waals surface area contributed by atoms with Crippen molar-refractivity contribution in [1.29, 1.82) is 0 Å². The van der Waals surface area contributed by atoms with E-state index in [9.17, 15) is 9.59 Å². The van der Waals surface area contributed by atoms with Gasteiger partial charge >= 0.3 is 0 Å². The number of aliphatic imine (C=N–C) groups is 1. The molecule has 4 rings (SSSR count). The van der Waals surface area contributed by atoms with Crippen LogP contribution < -0.4 is 5.32 Å². The van der Waals surface area contributed by atoms with Gasteiger partial charge in [-0.1, -0.05) is 19.1 Å². The molecule has 2 aromatic heterocycles. The van der Waals surface area contributed by atoms with E-state index in [1.807, 2.05) is 30.5 Å². The maximum atomic E-state index is 13.1. The van der Waals surface area contributed by atoms with E-state index in [4.69, 9.17) is 4.99 Å². The zero-order valence-electron chi connectivity index (χ0n) is 15.3. The van der Waals surface area contributed by atoms with Gasteiger partial charge in [0.05, 0.1) is 5.92 Å². The molecule has 1 aliphatic carbocycles. The number of pyridine rings is 1. The second-order valence-corrected chi connectivity index (χ2v) is 8.20. The molecule has 0 radical (unpaired) electrons. The van der Waals surface area contributed by atoms with Crippen LogP contribution in [0.5, 0.6) is 0 Å². The number of ketones is 1. The van der Waals surface area contributed by atoms with Crippen LogP contribution in [0.25, 0.3) is 0 Å². The number of aromatic nitrogens is 1. The quantitative estimate of drug-likeness (QED) is 0.868. The van der Waals surface area contributed by atoms with Gasteiger partial charge in [0.2, 0.25) is 0 Å². The molecule has 3 heterocycles. The van der Waals surface area contributed by atoms with E-state index in [0.29, 0.717) is 29.4 Å². The van der Waals surface area contributed by atoms with Gasteiger partial charge in [0.25, 0.3) is 5.91 Å². The maximum absolute atomic E-state index is 13.1. The summed E-state index contributed by atoms with van der Waals surface area (Å²) in [6.45, 7) is 3.94. The van der Waals surface area contributed by atoms with E-state index < -0.39 is 0 Å². The second-order valence-electron chi connectivity index (χ2n) is 7.22. The molecule has 0 saturated heterocycles. The zero-order valence-corrected chi connectivity index (χ0v) is 16.1. The monoisotopic (exact) mass is 379 g/mol. The molecule has 2 aliphatic rings. The van der Waals surface area contributed by atoms with Crippen molar-refractivity contribution in [3.63, 3.8) is 0 Å². The molecule has 3 atom stereocenters. The first-order valence-corrected chi connectivity index (χ1v) is 9.99. The number of amides is 1. The van der Waals surface area contributed by atoms with Crippen LogP contribution in [-0.2, 0) is 9.59 Å². The summed E-state index contributed by atoms with van der Waals surface area (Å²) in [5.74, 6) is 0.119. The van der Waals surface area contributed by atoms with E-state index in [1.54, 1.807) is 29.7 Å². The number of anilines is 1. The van der Waals surface area contributed by atoms with E-state index >= 15 is 0 Å². The fourth-order valence-corrected chi connectivity index (χ4v) is 4.95. The van der Waals surface area contributed by atoms with Crippen LogP contribution in [0.15, 0.2) is 58.2 Å². The predicted molar refractivity (Wildman–Crippen MR) is 107 cm³/mol. The maximum Gasteiger partial charge on any atom is 0.255 e. The summed E-state index contributed by atoms with van der Waals surface area (Å²) in [6.07, 6.45) is 2.99. The minimum atomic E-state index is -0.340. The lowest BCUT2D eigenvalue weighted by molar-refractivity contribution is -0.122. The number of hydrogen-bond acceptors (Lipinski definition) is 5. The van der Waals surface area contributed by atoms with Crippen molar-refractivity contribution >= 4 is 34.6 Å². The van der Waals surface area contributed by atoms with Gasteiger partial charge in [0.15, 0.2) is 0 Å². The lowest BCUT2D eigenvalue weighted by Gasteiger charge is -2.37. The van der Waals surface area contributed by atoms with Crippen LogP contribution >= 0.6 is 11.3 Å². The smallest absolute Gasteiger partial charge is 0.255 e. The van der Waals surface area contributed by atoms with Gasteiger partial charge < -0.3 is 5.32 Å². The van der Waals surface area contributed by atoms with Crippen molar-refractivity contribution < 1.29 is 9.59 Å².